The molecule has 174 valence electrons. The second-order valence-corrected chi connectivity index (χ2v) is 8.85. The summed E-state index contributed by atoms with van der Waals surface area (Å²) < 4.78 is 0. The van der Waals surface area contributed by atoms with E-state index in [1.54, 1.807) is 11.9 Å². The lowest BCUT2D eigenvalue weighted by molar-refractivity contribution is -0.143. The van der Waals surface area contributed by atoms with E-state index < -0.39 is 29.8 Å². The highest BCUT2D eigenvalue weighted by Gasteiger charge is 2.57. The van der Waals surface area contributed by atoms with Crippen molar-refractivity contribution in [1.29, 1.82) is 0 Å². The van der Waals surface area contributed by atoms with E-state index in [0.29, 0.717) is 13.0 Å². The molecular formula is C25H35N3O4. The number of amides is 3. The third-order valence-electron chi connectivity index (χ3n) is 6.77. The van der Waals surface area contributed by atoms with E-state index in [2.05, 4.69) is 17.6 Å². The van der Waals surface area contributed by atoms with Gasteiger partial charge in [0.15, 0.2) is 0 Å². The Labute approximate surface area is 190 Å². The monoisotopic (exact) mass is 441 g/mol. The zero-order valence-electron chi connectivity index (χ0n) is 19.2. The third kappa shape index (κ3) is 4.72. The molecule has 2 aliphatic rings. The summed E-state index contributed by atoms with van der Waals surface area (Å²) in [6.07, 6.45) is 6.10. The second-order valence-electron chi connectivity index (χ2n) is 8.85. The molecule has 3 rings (SSSR count). The zero-order valence-corrected chi connectivity index (χ0v) is 19.2. The molecule has 1 aliphatic heterocycles. The van der Waals surface area contributed by atoms with Crippen LogP contribution < -0.4 is 10.6 Å². The van der Waals surface area contributed by atoms with Crippen molar-refractivity contribution in [2.24, 2.45) is 23.7 Å². The zero-order chi connectivity index (χ0) is 23.3. The minimum absolute atomic E-state index is 0.120. The molecule has 0 aromatic heterocycles. The highest BCUT2D eigenvalue weighted by atomic mass is 16.3. The van der Waals surface area contributed by atoms with E-state index in [0.717, 1.165) is 18.4 Å². The first kappa shape index (κ1) is 24.0. The van der Waals surface area contributed by atoms with Gasteiger partial charge in [-0.1, -0.05) is 62.8 Å². The van der Waals surface area contributed by atoms with Crippen LogP contribution in [0.2, 0.25) is 0 Å². The average Bonchev–Trinajstić information content (AvgIpc) is 3.10. The van der Waals surface area contributed by atoms with Gasteiger partial charge in [-0.2, -0.15) is 0 Å². The number of nitrogens with one attached hydrogen (secondary N) is 2. The molecule has 1 aromatic rings. The van der Waals surface area contributed by atoms with Gasteiger partial charge in [-0.3, -0.25) is 14.4 Å². The number of hydrogen-bond donors (Lipinski definition) is 3. The molecule has 3 N–H and O–H groups in total. The van der Waals surface area contributed by atoms with Crippen LogP contribution in [0.4, 0.5) is 0 Å². The maximum absolute atomic E-state index is 13.8. The smallest absolute Gasteiger partial charge is 0.243 e. The summed E-state index contributed by atoms with van der Waals surface area (Å²) in [5, 5.41) is 15.9. The van der Waals surface area contributed by atoms with Gasteiger partial charge in [0.2, 0.25) is 17.7 Å². The number of rotatable bonds is 9. The number of carbonyl (C=O) groups excluding carboxylic acids is 3. The van der Waals surface area contributed by atoms with Gasteiger partial charge in [0.1, 0.15) is 6.04 Å². The van der Waals surface area contributed by atoms with Crippen LogP contribution in [0.1, 0.15) is 32.3 Å². The first-order valence-corrected chi connectivity index (χ1v) is 11.6. The van der Waals surface area contributed by atoms with Gasteiger partial charge in [0.25, 0.3) is 0 Å². The van der Waals surface area contributed by atoms with Crippen LogP contribution in [0, 0.1) is 23.7 Å². The number of likely N-dealkylation sites (tertiary alicyclic amines) is 1. The minimum atomic E-state index is -0.749. The van der Waals surface area contributed by atoms with Crippen molar-refractivity contribution in [3.8, 4) is 0 Å². The molecule has 0 bridgehead atoms. The van der Waals surface area contributed by atoms with E-state index in [1.165, 1.54) is 0 Å². The molecule has 7 nitrogen and oxygen atoms in total. The van der Waals surface area contributed by atoms with Crippen molar-refractivity contribution in [2.45, 2.75) is 45.2 Å². The first-order valence-electron chi connectivity index (χ1n) is 11.6. The third-order valence-corrected chi connectivity index (χ3v) is 6.77. The molecule has 0 radical (unpaired) electrons. The van der Waals surface area contributed by atoms with Crippen molar-refractivity contribution in [1.82, 2.24) is 15.5 Å². The summed E-state index contributed by atoms with van der Waals surface area (Å²) in [5.41, 5.74) is 0.978. The van der Waals surface area contributed by atoms with Crippen LogP contribution >= 0.6 is 0 Å². The molecule has 0 unspecified atom stereocenters. The van der Waals surface area contributed by atoms with E-state index in [1.807, 2.05) is 49.4 Å². The molecule has 0 spiro atoms. The Morgan fingerprint density at radius 3 is 2.50 bits per heavy atom. The van der Waals surface area contributed by atoms with Crippen LogP contribution in [0.25, 0.3) is 0 Å². The van der Waals surface area contributed by atoms with Crippen molar-refractivity contribution < 1.29 is 19.5 Å². The molecule has 7 heteroatoms. The molecule has 1 fully saturated rings. The fourth-order valence-electron chi connectivity index (χ4n) is 5.13. The van der Waals surface area contributed by atoms with E-state index in [-0.39, 0.29) is 30.2 Å². The lowest BCUT2D eigenvalue weighted by atomic mass is 9.70. The van der Waals surface area contributed by atoms with Crippen molar-refractivity contribution in [3.63, 3.8) is 0 Å². The van der Waals surface area contributed by atoms with E-state index in [4.69, 9.17) is 0 Å². The Balaban J connectivity index is 1.98. The molecular weight excluding hydrogens is 406 g/mol. The predicted molar refractivity (Wildman–Crippen MR) is 122 cm³/mol. The molecule has 0 saturated carbocycles. The van der Waals surface area contributed by atoms with Crippen LogP contribution in [-0.2, 0) is 20.8 Å². The van der Waals surface area contributed by atoms with Crippen molar-refractivity contribution in [3.05, 3.63) is 48.0 Å². The number of aliphatic hydroxyl groups is 1. The van der Waals surface area contributed by atoms with Crippen molar-refractivity contribution >= 4 is 17.7 Å². The van der Waals surface area contributed by atoms with Crippen LogP contribution in [0.15, 0.2) is 42.5 Å². The van der Waals surface area contributed by atoms with E-state index >= 15 is 0 Å². The Bertz CT molecular complexity index is 841. The molecule has 1 aromatic carbocycles. The number of carbonyl (C=O) groups is 3. The first-order chi connectivity index (χ1) is 15.4. The Kier molecular flexibility index (Phi) is 8.07. The summed E-state index contributed by atoms with van der Waals surface area (Å²) in [6.45, 7) is 4.25. The van der Waals surface area contributed by atoms with E-state index in [9.17, 15) is 19.5 Å². The molecule has 3 amide bonds. The number of aliphatic hydroxyl groups excluding tert-OH is 1. The molecule has 32 heavy (non-hydrogen) atoms. The summed E-state index contributed by atoms with van der Waals surface area (Å²) in [4.78, 5) is 41.4. The normalized spacial score (nSPS) is 27.7. The topological polar surface area (TPSA) is 98.7 Å². The highest BCUT2D eigenvalue weighted by Crippen LogP contribution is 2.44. The van der Waals surface area contributed by atoms with Crippen LogP contribution in [0.3, 0.4) is 0 Å². The lowest BCUT2D eigenvalue weighted by Crippen LogP contribution is -2.53. The summed E-state index contributed by atoms with van der Waals surface area (Å²) in [7, 11) is 1.57. The SMILES string of the molecule is CCCCNC(=O)[C@@H]1[C@H]2C=C[C@@H](C)[C@@H](C(=O)NC)[C@H]2C(=O)N1[C@@H](CO)Cc1ccccc1. The number of hydrogen-bond acceptors (Lipinski definition) is 4. The average molecular weight is 442 g/mol. The second kappa shape index (κ2) is 10.8. The van der Waals surface area contributed by atoms with Crippen LogP contribution in [-0.4, -0.2) is 60.0 Å². The molecule has 1 aliphatic carbocycles. The minimum Gasteiger partial charge on any atom is -0.394 e. The van der Waals surface area contributed by atoms with Gasteiger partial charge >= 0.3 is 0 Å². The number of allylic oxidation sites excluding steroid dienone is 1. The highest BCUT2D eigenvalue weighted by molar-refractivity contribution is 5.97. The Morgan fingerprint density at radius 1 is 1.16 bits per heavy atom. The maximum Gasteiger partial charge on any atom is 0.243 e. The van der Waals surface area contributed by atoms with Crippen molar-refractivity contribution in [2.75, 3.05) is 20.2 Å². The number of nitrogens with zero attached hydrogens (tertiary/aromatic N) is 1. The van der Waals surface area contributed by atoms with Gasteiger partial charge in [0, 0.05) is 19.5 Å². The van der Waals surface area contributed by atoms with Gasteiger partial charge in [-0.15, -0.1) is 0 Å². The lowest BCUT2D eigenvalue weighted by Gasteiger charge is -2.33. The number of unbranched alkanes of at least 4 members (excludes halogenated alkanes) is 1. The number of fused-ring (bicyclic) bond motifs is 1. The molecule has 1 heterocycles. The Hall–Kier alpha value is -2.67. The molecule has 6 atom stereocenters. The molecule has 1 saturated heterocycles. The van der Waals surface area contributed by atoms with Gasteiger partial charge in [-0.25, -0.2) is 0 Å². The summed E-state index contributed by atoms with van der Waals surface area (Å²) in [6, 6.07) is 8.33. The maximum atomic E-state index is 13.8. The quantitative estimate of drug-likeness (QED) is 0.400. The van der Waals surface area contributed by atoms with Gasteiger partial charge in [0.05, 0.1) is 24.5 Å². The summed E-state index contributed by atoms with van der Waals surface area (Å²) >= 11 is 0. The van der Waals surface area contributed by atoms with Gasteiger partial charge in [-0.05, 0) is 24.3 Å². The predicted octanol–water partition coefficient (Wildman–Crippen LogP) is 1.52. The Morgan fingerprint density at radius 2 is 1.88 bits per heavy atom. The summed E-state index contributed by atoms with van der Waals surface area (Å²) in [5.74, 6) is -2.35. The largest absolute Gasteiger partial charge is 0.394 e. The van der Waals surface area contributed by atoms with Gasteiger partial charge < -0.3 is 20.6 Å². The fourth-order valence-corrected chi connectivity index (χ4v) is 5.13. The number of benzene rings is 1. The van der Waals surface area contributed by atoms with Crippen LogP contribution in [0.5, 0.6) is 0 Å². The standard InChI is InChI=1S/C25H35N3O4/c1-4-5-13-27-24(31)22-19-12-11-16(2)20(23(30)26-3)21(19)25(32)28(22)18(15-29)14-17-9-7-6-8-10-17/h6-12,16,18-22,29H,4-5,13-15H2,1-3H3,(H,26,30)(H,27,31)/t16-,18-,19+,20-,21+,22+/m1/s1. The fraction of sp³-hybridized carbons (Fsp3) is 0.560.